The first kappa shape index (κ1) is 16.9. The number of hydrogen-bond acceptors (Lipinski definition) is 2. The first-order valence-corrected chi connectivity index (χ1v) is 8.54. The molecule has 2 unspecified atom stereocenters. The van der Waals surface area contributed by atoms with Crippen LogP contribution in [-0.4, -0.2) is 45.2 Å². The van der Waals surface area contributed by atoms with Crippen molar-refractivity contribution < 1.29 is 9.59 Å². The van der Waals surface area contributed by atoms with E-state index in [0.29, 0.717) is 23.7 Å². The number of carbonyl (C=O) groups excluding carboxylic acids is 2. The second kappa shape index (κ2) is 9.85. The highest BCUT2D eigenvalue weighted by Crippen LogP contribution is 2.02. The van der Waals surface area contributed by atoms with Gasteiger partial charge in [0, 0.05) is 33.4 Å². The van der Waals surface area contributed by atoms with Crippen LogP contribution in [0.15, 0.2) is 0 Å². The molecule has 0 fully saturated rings. The summed E-state index contributed by atoms with van der Waals surface area (Å²) in [6.45, 7) is 0.821. The van der Waals surface area contributed by atoms with Crippen molar-refractivity contribution in [2.75, 3.05) is 23.7 Å². The highest BCUT2D eigenvalue weighted by Gasteiger charge is 2.15. The maximum absolute atomic E-state index is 11.3. The molecule has 0 saturated heterocycles. The van der Waals surface area contributed by atoms with Gasteiger partial charge in [0.2, 0.25) is 0 Å². The molecule has 0 aliphatic carbocycles. The zero-order chi connectivity index (χ0) is 12.6. The molecule has 0 rings (SSSR count). The molecule has 2 amide bonds. The van der Waals surface area contributed by atoms with Gasteiger partial charge in [-0.15, -0.1) is 0 Å². The van der Waals surface area contributed by atoms with Crippen molar-refractivity contribution in [3.05, 3.63) is 0 Å². The minimum absolute atomic E-state index is 0.121. The first-order chi connectivity index (χ1) is 7.51. The molecule has 0 bridgehead atoms. The van der Waals surface area contributed by atoms with Crippen LogP contribution in [0.2, 0.25) is 0 Å². The Bertz CT molecular complexity index is 216. The van der Waals surface area contributed by atoms with Crippen molar-refractivity contribution in [1.82, 2.24) is 10.6 Å². The summed E-state index contributed by atoms with van der Waals surface area (Å²) in [6.07, 6.45) is 0. The largest absolute Gasteiger partial charge is 0.347 e. The van der Waals surface area contributed by atoms with Gasteiger partial charge in [-0.1, -0.05) is 63.7 Å². The van der Waals surface area contributed by atoms with Crippen LogP contribution in [0.3, 0.4) is 0 Å². The third kappa shape index (κ3) is 8.03. The standard InChI is InChI=1S/C8H12Br4N2O2/c9-1-5(11)3-13-7(15)8(16)14-4-6(12)2-10/h5-6H,1-4H2,(H,13,15)(H,14,16). The zero-order valence-electron chi connectivity index (χ0n) is 8.31. The summed E-state index contributed by atoms with van der Waals surface area (Å²) in [5.74, 6) is -1.22. The second-order valence-electron chi connectivity index (χ2n) is 2.92. The Morgan fingerprint density at radius 1 is 0.875 bits per heavy atom. The van der Waals surface area contributed by atoms with Gasteiger partial charge in [-0.05, 0) is 0 Å². The van der Waals surface area contributed by atoms with Crippen LogP contribution in [0.5, 0.6) is 0 Å². The lowest BCUT2D eigenvalue weighted by Crippen LogP contribution is -2.43. The molecule has 8 heteroatoms. The number of carbonyl (C=O) groups is 2. The minimum atomic E-state index is -0.611. The molecule has 0 spiro atoms. The van der Waals surface area contributed by atoms with Crippen molar-refractivity contribution in [3.8, 4) is 0 Å². The van der Waals surface area contributed by atoms with Crippen molar-refractivity contribution >= 4 is 75.5 Å². The Morgan fingerprint density at radius 2 is 1.19 bits per heavy atom. The Kier molecular flexibility index (Phi) is 10.4. The first-order valence-electron chi connectivity index (χ1n) is 4.47. The average molecular weight is 488 g/mol. The van der Waals surface area contributed by atoms with E-state index in [4.69, 9.17) is 0 Å². The maximum atomic E-state index is 11.3. The van der Waals surface area contributed by atoms with Crippen LogP contribution in [0, 0.1) is 0 Å². The number of rotatable bonds is 6. The minimum Gasteiger partial charge on any atom is -0.347 e. The lowest BCUT2D eigenvalue weighted by Gasteiger charge is -2.10. The number of alkyl halides is 4. The molecule has 0 radical (unpaired) electrons. The molecule has 2 atom stereocenters. The van der Waals surface area contributed by atoms with E-state index < -0.39 is 11.8 Å². The quantitative estimate of drug-likeness (QED) is 0.441. The smallest absolute Gasteiger partial charge is 0.309 e. The number of hydrogen-bond donors (Lipinski definition) is 2. The summed E-state index contributed by atoms with van der Waals surface area (Å²) in [7, 11) is 0. The van der Waals surface area contributed by atoms with Gasteiger partial charge < -0.3 is 10.6 Å². The lowest BCUT2D eigenvalue weighted by atomic mass is 10.4. The summed E-state index contributed by atoms with van der Waals surface area (Å²) in [5.41, 5.74) is 0. The highest BCUT2D eigenvalue weighted by molar-refractivity contribution is 9.12. The summed E-state index contributed by atoms with van der Waals surface area (Å²) in [6, 6.07) is 0. The van der Waals surface area contributed by atoms with Crippen LogP contribution in [0.25, 0.3) is 0 Å². The van der Waals surface area contributed by atoms with Crippen molar-refractivity contribution in [2.45, 2.75) is 9.65 Å². The Hall–Kier alpha value is 0.860. The maximum Gasteiger partial charge on any atom is 0.309 e. The topological polar surface area (TPSA) is 58.2 Å². The molecule has 0 aliphatic rings. The van der Waals surface area contributed by atoms with Gasteiger partial charge in [0.1, 0.15) is 0 Å². The van der Waals surface area contributed by atoms with Crippen LogP contribution < -0.4 is 10.6 Å². The van der Waals surface area contributed by atoms with Gasteiger partial charge in [-0.2, -0.15) is 0 Å². The van der Waals surface area contributed by atoms with Gasteiger partial charge in [-0.25, -0.2) is 0 Å². The van der Waals surface area contributed by atoms with Crippen LogP contribution in [0.1, 0.15) is 0 Å². The fraction of sp³-hybridized carbons (Fsp3) is 0.750. The number of nitrogens with one attached hydrogen (secondary N) is 2. The number of amides is 2. The summed E-state index contributed by atoms with van der Waals surface area (Å²) in [5, 5.41) is 6.46. The fourth-order valence-corrected chi connectivity index (χ4v) is 1.46. The van der Waals surface area contributed by atoms with Crippen molar-refractivity contribution in [1.29, 1.82) is 0 Å². The summed E-state index contributed by atoms with van der Waals surface area (Å²) in [4.78, 5) is 22.8. The Labute approximate surface area is 128 Å². The molecule has 0 aromatic rings. The van der Waals surface area contributed by atoms with E-state index in [-0.39, 0.29) is 9.65 Å². The van der Waals surface area contributed by atoms with Crippen molar-refractivity contribution in [3.63, 3.8) is 0 Å². The van der Waals surface area contributed by atoms with Crippen molar-refractivity contribution in [2.24, 2.45) is 0 Å². The Morgan fingerprint density at radius 3 is 1.44 bits per heavy atom. The molecule has 94 valence electrons. The van der Waals surface area contributed by atoms with E-state index in [9.17, 15) is 9.59 Å². The molecule has 0 aromatic carbocycles. The van der Waals surface area contributed by atoms with Crippen LogP contribution in [0.4, 0.5) is 0 Å². The predicted molar refractivity (Wildman–Crippen MR) is 79.0 cm³/mol. The molecule has 0 aliphatic heterocycles. The van der Waals surface area contributed by atoms with E-state index in [0.717, 1.165) is 0 Å². The van der Waals surface area contributed by atoms with E-state index in [1.165, 1.54) is 0 Å². The van der Waals surface area contributed by atoms with Gasteiger partial charge in [-0.3, -0.25) is 9.59 Å². The van der Waals surface area contributed by atoms with Gasteiger partial charge in [0.05, 0.1) is 0 Å². The Balaban J connectivity index is 3.78. The normalized spacial score (nSPS) is 14.0. The molecular weight excluding hydrogens is 476 g/mol. The van der Waals surface area contributed by atoms with E-state index in [1.54, 1.807) is 0 Å². The highest BCUT2D eigenvalue weighted by atomic mass is 79.9. The fourth-order valence-electron chi connectivity index (χ4n) is 0.677. The second-order valence-corrected chi connectivity index (χ2v) is 6.81. The molecule has 2 N–H and O–H groups in total. The third-order valence-corrected chi connectivity index (χ3v) is 6.11. The third-order valence-electron chi connectivity index (χ3n) is 1.51. The average Bonchev–Trinajstić information content (AvgIpc) is 2.31. The molecule has 0 saturated carbocycles. The monoisotopic (exact) mass is 484 g/mol. The van der Waals surface area contributed by atoms with Crippen LogP contribution >= 0.6 is 63.7 Å². The van der Waals surface area contributed by atoms with Crippen LogP contribution in [-0.2, 0) is 9.59 Å². The predicted octanol–water partition coefficient (Wildman–Crippen LogP) is 1.54. The molecule has 16 heavy (non-hydrogen) atoms. The van der Waals surface area contributed by atoms with Gasteiger partial charge in [0.15, 0.2) is 0 Å². The van der Waals surface area contributed by atoms with E-state index in [1.807, 2.05) is 0 Å². The molecule has 4 nitrogen and oxygen atoms in total. The summed E-state index contributed by atoms with van der Waals surface area (Å²) < 4.78 is 0. The molecule has 0 aromatic heterocycles. The molecule has 0 heterocycles. The zero-order valence-corrected chi connectivity index (χ0v) is 14.7. The van der Waals surface area contributed by atoms with Gasteiger partial charge in [0.25, 0.3) is 0 Å². The number of halogens is 4. The van der Waals surface area contributed by atoms with Gasteiger partial charge >= 0.3 is 11.8 Å². The van der Waals surface area contributed by atoms with E-state index in [2.05, 4.69) is 74.4 Å². The SMILES string of the molecule is O=C(NCC(Br)CBr)C(=O)NCC(Br)CBr. The summed E-state index contributed by atoms with van der Waals surface area (Å²) >= 11 is 13.1. The lowest BCUT2D eigenvalue weighted by molar-refractivity contribution is -0.139. The molecular formula is C8H12Br4N2O2. The van der Waals surface area contributed by atoms with E-state index >= 15 is 0 Å².